The first-order valence-electron chi connectivity index (χ1n) is 13.3. The molecule has 1 aromatic heterocycles. The Hall–Kier alpha value is -3.10. The van der Waals surface area contributed by atoms with Gasteiger partial charge in [-0.2, -0.15) is 4.98 Å². The molecule has 0 saturated carbocycles. The Morgan fingerprint density at radius 2 is 1.55 bits per heavy atom. The van der Waals surface area contributed by atoms with Crippen molar-refractivity contribution >= 4 is 23.5 Å². The molecule has 0 bridgehead atoms. The van der Waals surface area contributed by atoms with Crippen LogP contribution in [0.4, 0.5) is 5.82 Å². The van der Waals surface area contributed by atoms with E-state index in [-0.39, 0.29) is 23.8 Å². The van der Waals surface area contributed by atoms with Crippen LogP contribution >= 0.6 is 11.8 Å². The van der Waals surface area contributed by atoms with Crippen LogP contribution in [0, 0.1) is 0 Å². The number of aromatic nitrogens is 2. The predicted molar refractivity (Wildman–Crippen MR) is 158 cm³/mol. The summed E-state index contributed by atoms with van der Waals surface area (Å²) in [5.74, 6) is 0.490. The van der Waals surface area contributed by atoms with Gasteiger partial charge < -0.3 is 15.2 Å². The van der Waals surface area contributed by atoms with Crippen molar-refractivity contribution in [2.45, 2.75) is 70.0 Å². The zero-order valence-electron chi connectivity index (χ0n) is 22.3. The Kier molecular flexibility index (Phi) is 16.3. The molecule has 1 aromatic rings. The van der Waals surface area contributed by atoms with E-state index in [0.29, 0.717) is 18.6 Å². The molecule has 2 rings (SSSR count). The predicted octanol–water partition coefficient (Wildman–Crippen LogP) is 6.43. The molecule has 0 spiro atoms. The van der Waals surface area contributed by atoms with Crippen molar-refractivity contribution in [2.75, 3.05) is 18.1 Å². The number of hydrogen-bond donors (Lipinski definition) is 1. The summed E-state index contributed by atoms with van der Waals surface area (Å²) in [5, 5.41) is 0. The second kappa shape index (κ2) is 19.9. The van der Waals surface area contributed by atoms with E-state index in [4.69, 9.17) is 15.2 Å². The van der Waals surface area contributed by atoms with E-state index < -0.39 is 11.9 Å². The van der Waals surface area contributed by atoms with Crippen molar-refractivity contribution in [2.24, 2.45) is 0 Å². The highest BCUT2D eigenvalue weighted by atomic mass is 32.2. The molecule has 0 aromatic carbocycles. The fourth-order valence-corrected chi connectivity index (χ4v) is 4.39. The summed E-state index contributed by atoms with van der Waals surface area (Å²) in [6, 6.07) is 1.55. The van der Waals surface area contributed by atoms with E-state index in [0.717, 1.165) is 38.5 Å². The topological polar surface area (TPSA) is 96.4 Å². The van der Waals surface area contributed by atoms with Gasteiger partial charge in [-0.3, -0.25) is 9.36 Å². The van der Waals surface area contributed by atoms with Crippen LogP contribution in [-0.2, 0) is 14.3 Å². The number of esters is 1. The highest BCUT2D eigenvalue weighted by molar-refractivity contribution is 8.00. The maximum Gasteiger partial charge on any atom is 0.351 e. The third-order valence-corrected chi connectivity index (χ3v) is 6.48. The van der Waals surface area contributed by atoms with Gasteiger partial charge in [-0.25, -0.2) is 4.79 Å². The monoisotopic (exact) mass is 539 g/mol. The molecule has 0 aliphatic carbocycles. The molecule has 1 aliphatic heterocycles. The van der Waals surface area contributed by atoms with Gasteiger partial charge >= 0.3 is 11.7 Å². The summed E-state index contributed by atoms with van der Waals surface area (Å²) < 4.78 is 12.5. The number of nitrogen functional groups attached to an aromatic ring is 1. The van der Waals surface area contributed by atoms with E-state index in [1.54, 1.807) is 12.3 Å². The van der Waals surface area contributed by atoms with Crippen LogP contribution in [0.1, 0.15) is 64.5 Å². The molecule has 2 heterocycles. The van der Waals surface area contributed by atoms with E-state index >= 15 is 0 Å². The lowest BCUT2D eigenvalue weighted by Crippen LogP contribution is -2.29. The van der Waals surface area contributed by atoms with E-state index in [2.05, 4.69) is 78.7 Å². The Labute approximate surface area is 230 Å². The molecule has 2 atom stereocenters. The van der Waals surface area contributed by atoms with Gasteiger partial charge in [0.2, 0.25) is 0 Å². The number of carbonyl (C=O) groups excluding carboxylic acids is 1. The zero-order valence-corrected chi connectivity index (χ0v) is 23.1. The Morgan fingerprint density at radius 1 is 1.00 bits per heavy atom. The number of hydrogen-bond acceptors (Lipinski definition) is 7. The van der Waals surface area contributed by atoms with Crippen LogP contribution < -0.4 is 11.4 Å². The molecule has 0 amide bonds. The standard InChI is InChI=1S/C30H41N3O4S/c1-2-3-4-5-6-7-8-9-10-11-12-13-14-15-16-17-18-19-20-21-28(34)36-24-29-37-27(25-38-29)33-23-22-26(31)32-30(33)35/h3-4,6-7,9-10,12-13,15-16,18-19,22-23,27,29H,2,5,8,11,14,17,20-21,24-25H2,1H3,(H2,31,32,35)/t27?,29-/m1/s1. The third kappa shape index (κ3) is 14.0. The number of nitrogens with zero attached hydrogens (tertiary/aromatic N) is 2. The minimum atomic E-state index is -0.454. The van der Waals surface area contributed by atoms with Crippen LogP contribution in [0.2, 0.25) is 0 Å². The lowest BCUT2D eigenvalue weighted by atomic mass is 10.2. The average molecular weight is 540 g/mol. The number of nitrogens with two attached hydrogens (primary N) is 1. The van der Waals surface area contributed by atoms with E-state index in [1.165, 1.54) is 16.3 Å². The first-order chi connectivity index (χ1) is 18.6. The molecular weight excluding hydrogens is 498 g/mol. The first kappa shape index (κ1) is 31.1. The van der Waals surface area contributed by atoms with Crippen LogP contribution in [0.25, 0.3) is 0 Å². The minimum Gasteiger partial charge on any atom is -0.462 e. The molecule has 1 saturated heterocycles. The van der Waals surface area contributed by atoms with Gasteiger partial charge in [0.1, 0.15) is 24.1 Å². The van der Waals surface area contributed by atoms with Crippen LogP contribution in [0.5, 0.6) is 0 Å². The largest absolute Gasteiger partial charge is 0.462 e. The second-order valence-corrected chi connectivity index (χ2v) is 9.73. The molecule has 0 radical (unpaired) electrons. The summed E-state index contributed by atoms with van der Waals surface area (Å²) in [4.78, 5) is 27.6. The fourth-order valence-electron chi connectivity index (χ4n) is 3.40. The van der Waals surface area contributed by atoms with Gasteiger partial charge in [0.05, 0.1) is 0 Å². The first-order valence-corrected chi connectivity index (χ1v) is 14.3. The lowest BCUT2D eigenvalue weighted by molar-refractivity contribution is -0.146. The van der Waals surface area contributed by atoms with Crippen LogP contribution in [-0.4, -0.2) is 33.3 Å². The quantitative estimate of drug-likeness (QED) is 0.180. The Balaban J connectivity index is 1.46. The zero-order chi connectivity index (χ0) is 27.3. The molecule has 7 nitrogen and oxygen atoms in total. The molecule has 1 fully saturated rings. The maximum atomic E-state index is 12.0. The number of allylic oxidation sites excluding steroid dienone is 12. The van der Waals surface area contributed by atoms with E-state index in [1.807, 2.05) is 6.08 Å². The number of carbonyl (C=O) groups is 1. The van der Waals surface area contributed by atoms with Crippen LogP contribution in [0.15, 0.2) is 90.0 Å². The van der Waals surface area contributed by atoms with Crippen molar-refractivity contribution in [3.63, 3.8) is 0 Å². The third-order valence-electron chi connectivity index (χ3n) is 5.39. The van der Waals surface area contributed by atoms with Crippen molar-refractivity contribution in [1.82, 2.24) is 9.55 Å². The lowest BCUT2D eigenvalue weighted by Gasteiger charge is -2.14. The van der Waals surface area contributed by atoms with Gasteiger partial charge in [-0.05, 0) is 51.0 Å². The fraction of sp³-hybridized carbons (Fsp3) is 0.433. The molecule has 206 valence electrons. The molecule has 1 unspecified atom stereocenters. The number of ether oxygens (including phenoxy) is 2. The highest BCUT2D eigenvalue weighted by Crippen LogP contribution is 2.31. The van der Waals surface area contributed by atoms with Crippen molar-refractivity contribution < 1.29 is 14.3 Å². The Morgan fingerprint density at radius 3 is 2.11 bits per heavy atom. The van der Waals surface area contributed by atoms with Crippen LogP contribution in [0.3, 0.4) is 0 Å². The second-order valence-electron chi connectivity index (χ2n) is 8.53. The molecular formula is C30H41N3O4S. The average Bonchev–Trinajstić information content (AvgIpc) is 3.37. The van der Waals surface area contributed by atoms with Gasteiger partial charge in [-0.1, -0.05) is 79.8 Å². The van der Waals surface area contributed by atoms with Gasteiger partial charge in [-0.15, -0.1) is 11.8 Å². The van der Waals surface area contributed by atoms with Gasteiger partial charge in [0, 0.05) is 18.4 Å². The summed E-state index contributed by atoms with van der Waals surface area (Å²) in [5.41, 5.74) is 4.76. The summed E-state index contributed by atoms with van der Waals surface area (Å²) >= 11 is 1.50. The molecule has 38 heavy (non-hydrogen) atoms. The Bertz CT molecular complexity index is 1060. The number of rotatable bonds is 17. The SMILES string of the molecule is CCC=CCC=CCC=CCC=CCC=CCC=CCCC(=O)OC[C@@H]1OC(n2ccc(N)nc2=O)CS1. The summed E-state index contributed by atoms with van der Waals surface area (Å²) in [6.45, 7) is 2.30. The normalized spacial score (nSPS) is 18.4. The summed E-state index contributed by atoms with van der Waals surface area (Å²) in [7, 11) is 0. The van der Waals surface area contributed by atoms with E-state index in [9.17, 15) is 9.59 Å². The van der Waals surface area contributed by atoms with Gasteiger partial charge in [0.15, 0.2) is 0 Å². The van der Waals surface area contributed by atoms with Crippen molar-refractivity contribution in [3.8, 4) is 0 Å². The number of thioether (sulfide) groups is 1. The smallest absolute Gasteiger partial charge is 0.351 e. The molecule has 8 heteroatoms. The van der Waals surface area contributed by atoms with Gasteiger partial charge in [0.25, 0.3) is 0 Å². The molecule has 1 aliphatic rings. The van der Waals surface area contributed by atoms with Crippen molar-refractivity contribution in [1.29, 1.82) is 0 Å². The minimum absolute atomic E-state index is 0.154. The highest BCUT2D eigenvalue weighted by Gasteiger charge is 2.29. The number of anilines is 1. The maximum absolute atomic E-state index is 12.0. The van der Waals surface area contributed by atoms with Crippen molar-refractivity contribution in [3.05, 3.63) is 95.7 Å². The summed E-state index contributed by atoms with van der Waals surface area (Å²) in [6.07, 6.45) is 33.8. The molecule has 2 N–H and O–H groups in total.